The molecule has 0 radical (unpaired) electrons. The van der Waals surface area contributed by atoms with Crippen LogP contribution in [-0.4, -0.2) is 0 Å². The van der Waals surface area contributed by atoms with Gasteiger partial charge in [-0.15, -0.1) is 0 Å². The Morgan fingerprint density at radius 1 is 0.312 bits per heavy atom. The van der Waals surface area contributed by atoms with Gasteiger partial charge in [-0.3, -0.25) is 0 Å². The number of hydrogen-bond acceptors (Lipinski definition) is 2. The van der Waals surface area contributed by atoms with Crippen molar-refractivity contribution in [1.29, 1.82) is 0 Å². The lowest BCUT2D eigenvalue weighted by atomic mass is 9.66. The van der Waals surface area contributed by atoms with Crippen molar-refractivity contribution in [1.82, 2.24) is 0 Å². The van der Waals surface area contributed by atoms with Gasteiger partial charge in [-0.05, 0) is 103 Å². The van der Waals surface area contributed by atoms with Crippen molar-refractivity contribution in [2.45, 2.75) is 10.8 Å². The van der Waals surface area contributed by atoms with Crippen molar-refractivity contribution in [2.75, 3.05) is 4.90 Å². The summed E-state index contributed by atoms with van der Waals surface area (Å²) in [5.41, 5.74) is 21.7. The molecular weight excluding hydrogens is 775 g/mol. The van der Waals surface area contributed by atoms with Gasteiger partial charge in [-0.25, -0.2) is 0 Å². The number of hydrogen-bond donors (Lipinski definition) is 0. The fourth-order valence-electron chi connectivity index (χ4n) is 12.3. The van der Waals surface area contributed by atoms with Crippen LogP contribution in [-0.2, 0) is 10.8 Å². The second-order valence-electron chi connectivity index (χ2n) is 17.4. The van der Waals surface area contributed by atoms with Crippen LogP contribution in [0.15, 0.2) is 241 Å². The second kappa shape index (κ2) is 13.2. The van der Waals surface area contributed by atoms with Crippen LogP contribution in [0.4, 0.5) is 17.1 Å². The van der Waals surface area contributed by atoms with Crippen LogP contribution >= 0.6 is 0 Å². The summed E-state index contributed by atoms with van der Waals surface area (Å²) in [5.74, 6) is 0. The first-order chi connectivity index (χ1) is 31.8. The minimum absolute atomic E-state index is 0.472. The van der Waals surface area contributed by atoms with Gasteiger partial charge in [0.1, 0.15) is 11.2 Å². The number of anilines is 3. The van der Waals surface area contributed by atoms with E-state index in [1.54, 1.807) is 0 Å². The SMILES string of the molecule is c1ccc(N(c2cc(C3(c4ccccc4)c4ccccc4-c4ccccc43)c3c(c2)oc2ccccc23)c2cccc3c2-c2ccccc2C32c3ccccc3-c3ccccc32)cc1. The third-order valence-corrected chi connectivity index (χ3v) is 14.5. The molecule has 11 aromatic rings. The van der Waals surface area contributed by atoms with E-state index in [4.69, 9.17) is 4.42 Å². The fourth-order valence-corrected chi connectivity index (χ4v) is 12.3. The quantitative estimate of drug-likeness (QED) is 0.172. The Labute approximate surface area is 372 Å². The standard InChI is InChI=1S/C62H39NO/c1-3-20-40(21-4-1)61(49-30-13-7-24-43(49)44-25-8-14-31-50(44)61)55-38-42(39-58-60(55)48-29-12-18-37-57(48)64-58)63(41-22-5-2-6-23-41)56-36-19-35-54-59(56)47-28-11-17-34-53(47)62(54)51-32-15-9-26-45(51)46-27-10-16-33-52(46)62/h1-39H. The summed E-state index contributed by atoms with van der Waals surface area (Å²) in [5, 5.41) is 2.24. The molecule has 0 bridgehead atoms. The van der Waals surface area contributed by atoms with Crippen LogP contribution in [0.5, 0.6) is 0 Å². The van der Waals surface area contributed by atoms with Crippen LogP contribution in [0, 0.1) is 0 Å². The van der Waals surface area contributed by atoms with Crippen LogP contribution < -0.4 is 4.90 Å². The van der Waals surface area contributed by atoms with Gasteiger partial charge in [0, 0.05) is 28.1 Å². The van der Waals surface area contributed by atoms with E-state index in [9.17, 15) is 0 Å². The van der Waals surface area contributed by atoms with Crippen molar-refractivity contribution in [2.24, 2.45) is 0 Å². The van der Waals surface area contributed by atoms with Gasteiger partial charge in [-0.1, -0.05) is 200 Å². The molecule has 0 amide bonds. The third kappa shape index (κ3) is 4.44. The monoisotopic (exact) mass is 813 g/mol. The molecule has 0 saturated heterocycles. The second-order valence-corrected chi connectivity index (χ2v) is 17.4. The average molecular weight is 814 g/mol. The highest BCUT2D eigenvalue weighted by molar-refractivity contribution is 6.11. The molecule has 2 heteroatoms. The van der Waals surface area contributed by atoms with E-state index in [1.165, 1.54) is 77.9 Å². The van der Waals surface area contributed by atoms with E-state index >= 15 is 0 Å². The van der Waals surface area contributed by atoms with Crippen molar-refractivity contribution in [3.05, 3.63) is 281 Å². The molecule has 1 heterocycles. The molecule has 0 aliphatic heterocycles. The maximum Gasteiger partial charge on any atom is 0.137 e. The van der Waals surface area contributed by atoms with E-state index in [2.05, 4.69) is 241 Å². The predicted molar refractivity (Wildman–Crippen MR) is 262 cm³/mol. The molecule has 14 rings (SSSR count). The Balaban J connectivity index is 1.12. The first kappa shape index (κ1) is 35.4. The summed E-state index contributed by atoms with van der Waals surface area (Å²) in [6, 6.07) is 87.5. The summed E-state index contributed by atoms with van der Waals surface area (Å²) >= 11 is 0. The molecule has 1 aromatic heterocycles. The van der Waals surface area contributed by atoms with Crippen LogP contribution in [0.1, 0.15) is 44.5 Å². The van der Waals surface area contributed by atoms with Crippen LogP contribution in [0.25, 0.3) is 55.3 Å². The molecule has 0 saturated carbocycles. The number of nitrogens with zero attached hydrogens (tertiary/aromatic N) is 1. The molecule has 0 atom stereocenters. The normalized spacial score (nSPS) is 14.2. The number of fused-ring (bicyclic) bond motifs is 16. The van der Waals surface area contributed by atoms with Gasteiger partial charge in [0.2, 0.25) is 0 Å². The molecule has 0 unspecified atom stereocenters. The van der Waals surface area contributed by atoms with Gasteiger partial charge < -0.3 is 9.32 Å². The number of benzene rings is 10. The van der Waals surface area contributed by atoms with Crippen molar-refractivity contribution >= 4 is 39.0 Å². The van der Waals surface area contributed by atoms with E-state index < -0.39 is 10.8 Å². The highest BCUT2D eigenvalue weighted by Crippen LogP contribution is 2.65. The summed E-state index contributed by atoms with van der Waals surface area (Å²) in [4.78, 5) is 2.49. The average Bonchev–Trinajstić information content (AvgIpc) is 4.08. The number of rotatable bonds is 5. The van der Waals surface area contributed by atoms with Crippen LogP contribution in [0.2, 0.25) is 0 Å². The summed E-state index contributed by atoms with van der Waals surface area (Å²) in [7, 11) is 0. The van der Waals surface area contributed by atoms with Crippen molar-refractivity contribution in [3.8, 4) is 33.4 Å². The molecule has 3 aliphatic carbocycles. The first-order valence-corrected chi connectivity index (χ1v) is 22.3. The third-order valence-electron chi connectivity index (χ3n) is 14.5. The van der Waals surface area contributed by atoms with E-state index in [0.717, 1.165) is 39.0 Å². The molecule has 64 heavy (non-hydrogen) atoms. The summed E-state index contributed by atoms with van der Waals surface area (Å²) in [6.07, 6.45) is 0. The Hall–Kier alpha value is -8.20. The summed E-state index contributed by atoms with van der Waals surface area (Å²) in [6.45, 7) is 0. The van der Waals surface area contributed by atoms with Crippen molar-refractivity contribution in [3.63, 3.8) is 0 Å². The summed E-state index contributed by atoms with van der Waals surface area (Å²) < 4.78 is 7.05. The molecule has 2 nitrogen and oxygen atoms in total. The van der Waals surface area contributed by atoms with Gasteiger partial charge in [0.05, 0.1) is 22.2 Å². The minimum Gasteiger partial charge on any atom is -0.456 e. The zero-order valence-corrected chi connectivity index (χ0v) is 34.9. The minimum atomic E-state index is -0.662. The zero-order valence-electron chi connectivity index (χ0n) is 34.9. The highest BCUT2D eigenvalue weighted by atomic mass is 16.3. The smallest absolute Gasteiger partial charge is 0.137 e. The van der Waals surface area contributed by atoms with Crippen LogP contribution in [0.3, 0.4) is 0 Å². The zero-order chi connectivity index (χ0) is 42.0. The van der Waals surface area contributed by atoms with Gasteiger partial charge >= 0.3 is 0 Å². The van der Waals surface area contributed by atoms with E-state index in [-0.39, 0.29) is 0 Å². The lowest BCUT2D eigenvalue weighted by Crippen LogP contribution is -2.29. The van der Waals surface area contributed by atoms with E-state index in [0.29, 0.717) is 0 Å². The Bertz CT molecular complexity index is 3600. The maximum absolute atomic E-state index is 7.05. The molecule has 0 N–H and O–H groups in total. The Morgan fingerprint density at radius 2 is 0.781 bits per heavy atom. The number of furan rings is 1. The molecular formula is C62H39NO. The molecule has 0 fully saturated rings. The Morgan fingerprint density at radius 3 is 1.39 bits per heavy atom. The van der Waals surface area contributed by atoms with Gasteiger partial charge in [-0.2, -0.15) is 0 Å². The first-order valence-electron chi connectivity index (χ1n) is 22.3. The lowest BCUT2D eigenvalue weighted by molar-refractivity contribution is 0.667. The fraction of sp³-hybridized carbons (Fsp3) is 0.0323. The predicted octanol–water partition coefficient (Wildman–Crippen LogP) is 15.8. The molecule has 1 spiro atoms. The maximum atomic E-state index is 7.05. The molecule has 298 valence electrons. The lowest BCUT2D eigenvalue weighted by Gasteiger charge is -2.36. The van der Waals surface area contributed by atoms with E-state index in [1.807, 2.05) is 0 Å². The highest BCUT2D eigenvalue weighted by Gasteiger charge is 2.53. The van der Waals surface area contributed by atoms with Crippen molar-refractivity contribution < 1.29 is 4.42 Å². The number of para-hydroxylation sites is 2. The topological polar surface area (TPSA) is 16.4 Å². The molecule has 3 aliphatic rings. The van der Waals surface area contributed by atoms with Gasteiger partial charge in [0.25, 0.3) is 0 Å². The van der Waals surface area contributed by atoms with Gasteiger partial charge in [0.15, 0.2) is 0 Å². The largest absolute Gasteiger partial charge is 0.456 e. The molecule has 10 aromatic carbocycles. The Kier molecular flexibility index (Phi) is 7.28.